The predicted octanol–water partition coefficient (Wildman–Crippen LogP) is 2.28. The van der Waals surface area contributed by atoms with E-state index in [0.29, 0.717) is 13.2 Å². The molecule has 1 aromatic rings. The van der Waals surface area contributed by atoms with E-state index < -0.39 is 0 Å². The SMILES string of the molecule is O[C@@H]1CCOC[C@H]1Cc1ccc(Cl)cc1. The molecule has 0 unspecified atom stereocenters. The third-order valence-corrected chi connectivity index (χ3v) is 3.10. The Labute approximate surface area is 94.8 Å². The van der Waals surface area contributed by atoms with Crippen LogP contribution in [0.15, 0.2) is 24.3 Å². The maximum Gasteiger partial charge on any atom is 0.0615 e. The van der Waals surface area contributed by atoms with E-state index in [1.54, 1.807) is 0 Å². The van der Waals surface area contributed by atoms with E-state index in [1.807, 2.05) is 24.3 Å². The minimum absolute atomic E-state index is 0.222. The number of aliphatic hydroxyl groups excluding tert-OH is 1. The standard InChI is InChI=1S/C12H15ClO2/c13-11-3-1-9(2-4-11)7-10-8-15-6-5-12(10)14/h1-4,10,12,14H,5-8H2/t10-,12-/m1/s1. The molecule has 15 heavy (non-hydrogen) atoms. The summed E-state index contributed by atoms with van der Waals surface area (Å²) in [6.07, 6.45) is 1.38. The smallest absolute Gasteiger partial charge is 0.0615 e. The Morgan fingerprint density at radius 2 is 2.07 bits per heavy atom. The Hall–Kier alpha value is -0.570. The summed E-state index contributed by atoms with van der Waals surface area (Å²) >= 11 is 5.81. The fraction of sp³-hybridized carbons (Fsp3) is 0.500. The lowest BCUT2D eigenvalue weighted by Gasteiger charge is -2.27. The maximum atomic E-state index is 9.78. The largest absolute Gasteiger partial charge is 0.393 e. The minimum atomic E-state index is -0.227. The van der Waals surface area contributed by atoms with Gasteiger partial charge in [-0.1, -0.05) is 23.7 Å². The molecule has 0 saturated carbocycles. The molecule has 1 fully saturated rings. The van der Waals surface area contributed by atoms with Crippen molar-refractivity contribution in [1.29, 1.82) is 0 Å². The lowest BCUT2D eigenvalue weighted by molar-refractivity contribution is -0.0350. The first-order valence-electron chi connectivity index (χ1n) is 5.26. The van der Waals surface area contributed by atoms with Crippen LogP contribution in [0.4, 0.5) is 0 Å². The fourth-order valence-corrected chi connectivity index (χ4v) is 2.03. The number of aliphatic hydroxyl groups is 1. The number of hydrogen-bond donors (Lipinski definition) is 1. The molecule has 1 aliphatic rings. The molecule has 3 heteroatoms. The molecule has 2 atom stereocenters. The third kappa shape index (κ3) is 2.94. The topological polar surface area (TPSA) is 29.5 Å². The molecule has 0 aliphatic carbocycles. The van der Waals surface area contributed by atoms with Gasteiger partial charge in [0.25, 0.3) is 0 Å². The van der Waals surface area contributed by atoms with Crippen LogP contribution in [-0.4, -0.2) is 24.4 Å². The summed E-state index contributed by atoms with van der Waals surface area (Å²) in [6.45, 7) is 1.34. The monoisotopic (exact) mass is 226 g/mol. The first kappa shape index (κ1) is 10.9. The van der Waals surface area contributed by atoms with E-state index in [2.05, 4.69) is 0 Å². The Morgan fingerprint density at radius 1 is 1.33 bits per heavy atom. The molecule has 0 bridgehead atoms. The van der Waals surface area contributed by atoms with Crippen molar-refractivity contribution in [3.05, 3.63) is 34.9 Å². The van der Waals surface area contributed by atoms with Crippen LogP contribution in [0.1, 0.15) is 12.0 Å². The zero-order valence-corrected chi connectivity index (χ0v) is 9.28. The van der Waals surface area contributed by atoms with Crippen LogP contribution < -0.4 is 0 Å². The van der Waals surface area contributed by atoms with Gasteiger partial charge in [-0.3, -0.25) is 0 Å². The quantitative estimate of drug-likeness (QED) is 0.839. The predicted molar refractivity (Wildman–Crippen MR) is 60.1 cm³/mol. The molecule has 1 N–H and O–H groups in total. The Bertz CT molecular complexity index is 310. The second kappa shape index (κ2) is 4.97. The molecule has 2 nitrogen and oxygen atoms in total. The first-order valence-corrected chi connectivity index (χ1v) is 5.64. The van der Waals surface area contributed by atoms with Gasteiger partial charge in [0.05, 0.1) is 12.7 Å². The second-order valence-corrected chi connectivity index (χ2v) is 4.46. The van der Waals surface area contributed by atoms with Crippen LogP contribution >= 0.6 is 11.6 Å². The number of halogens is 1. The molecule has 0 spiro atoms. The van der Waals surface area contributed by atoms with E-state index in [9.17, 15) is 5.11 Å². The van der Waals surface area contributed by atoms with Gasteiger partial charge < -0.3 is 9.84 Å². The Morgan fingerprint density at radius 3 is 2.73 bits per heavy atom. The second-order valence-electron chi connectivity index (χ2n) is 4.02. The lowest BCUT2D eigenvalue weighted by atomic mass is 9.92. The zero-order valence-electron chi connectivity index (χ0n) is 8.53. The molecule has 1 saturated heterocycles. The highest BCUT2D eigenvalue weighted by atomic mass is 35.5. The van der Waals surface area contributed by atoms with Crippen molar-refractivity contribution in [2.45, 2.75) is 18.9 Å². The van der Waals surface area contributed by atoms with Gasteiger partial charge in [0.15, 0.2) is 0 Å². The van der Waals surface area contributed by atoms with Crippen LogP contribution in [-0.2, 0) is 11.2 Å². The molecule has 2 rings (SSSR count). The van der Waals surface area contributed by atoms with Crippen LogP contribution in [0, 0.1) is 5.92 Å². The average Bonchev–Trinajstić information content (AvgIpc) is 2.25. The number of benzene rings is 1. The number of rotatable bonds is 2. The minimum Gasteiger partial charge on any atom is -0.393 e. The van der Waals surface area contributed by atoms with E-state index >= 15 is 0 Å². The first-order chi connectivity index (χ1) is 7.25. The summed E-state index contributed by atoms with van der Waals surface area (Å²) in [7, 11) is 0. The molecular formula is C12H15ClO2. The van der Waals surface area contributed by atoms with Crippen molar-refractivity contribution in [2.24, 2.45) is 5.92 Å². The molecule has 0 aromatic heterocycles. The maximum absolute atomic E-state index is 9.78. The highest BCUT2D eigenvalue weighted by Gasteiger charge is 2.23. The van der Waals surface area contributed by atoms with Crippen LogP contribution in [0.3, 0.4) is 0 Å². The van der Waals surface area contributed by atoms with E-state index in [1.165, 1.54) is 5.56 Å². The van der Waals surface area contributed by atoms with Gasteiger partial charge in [0.2, 0.25) is 0 Å². The van der Waals surface area contributed by atoms with Crippen molar-refractivity contribution < 1.29 is 9.84 Å². The summed E-state index contributed by atoms with van der Waals surface area (Å²) in [5.41, 5.74) is 1.20. The lowest BCUT2D eigenvalue weighted by Crippen LogP contribution is -2.33. The summed E-state index contributed by atoms with van der Waals surface area (Å²) in [5, 5.41) is 10.5. The zero-order chi connectivity index (χ0) is 10.7. The van der Waals surface area contributed by atoms with Crippen molar-refractivity contribution in [3.63, 3.8) is 0 Å². The Balaban J connectivity index is 1.98. The number of ether oxygens (including phenoxy) is 1. The summed E-state index contributed by atoms with van der Waals surface area (Å²) in [6, 6.07) is 7.77. The summed E-state index contributed by atoms with van der Waals surface area (Å²) in [5.74, 6) is 0.222. The molecule has 0 amide bonds. The molecular weight excluding hydrogens is 212 g/mol. The van der Waals surface area contributed by atoms with Crippen molar-refractivity contribution in [1.82, 2.24) is 0 Å². The van der Waals surface area contributed by atoms with Crippen molar-refractivity contribution in [2.75, 3.05) is 13.2 Å². The Kier molecular flexibility index (Phi) is 3.62. The third-order valence-electron chi connectivity index (χ3n) is 2.85. The van der Waals surface area contributed by atoms with Gasteiger partial charge in [-0.05, 0) is 30.5 Å². The van der Waals surface area contributed by atoms with Gasteiger partial charge in [0, 0.05) is 17.5 Å². The van der Waals surface area contributed by atoms with Crippen LogP contribution in [0.2, 0.25) is 5.02 Å². The highest BCUT2D eigenvalue weighted by Crippen LogP contribution is 2.20. The van der Waals surface area contributed by atoms with Gasteiger partial charge in [-0.25, -0.2) is 0 Å². The van der Waals surface area contributed by atoms with Crippen LogP contribution in [0.5, 0.6) is 0 Å². The highest BCUT2D eigenvalue weighted by molar-refractivity contribution is 6.30. The van der Waals surface area contributed by atoms with Gasteiger partial charge >= 0.3 is 0 Å². The van der Waals surface area contributed by atoms with Crippen molar-refractivity contribution in [3.8, 4) is 0 Å². The molecule has 1 aliphatic heterocycles. The summed E-state index contributed by atoms with van der Waals surface area (Å²) < 4.78 is 5.36. The normalized spacial score (nSPS) is 26.5. The molecule has 0 radical (unpaired) electrons. The van der Waals surface area contributed by atoms with Gasteiger partial charge in [-0.15, -0.1) is 0 Å². The average molecular weight is 227 g/mol. The molecule has 1 heterocycles. The van der Waals surface area contributed by atoms with Gasteiger partial charge in [-0.2, -0.15) is 0 Å². The van der Waals surface area contributed by atoms with E-state index in [4.69, 9.17) is 16.3 Å². The molecule has 82 valence electrons. The van der Waals surface area contributed by atoms with Crippen molar-refractivity contribution >= 4 is 11.6 Å². The van der Waals surface area contributed by atoms with E-state index in [0.717, 1.165) is 17.9 Å². The van der Waals surface area contributed by atoms with E-state index in [-0.39, 0.29) is 12.0 Å². The fourth-order valence-electron chi connectivity index (χ4n) is 1.90. The van der Waals surface area contributed by atoms with Crippen LogP contribution in [0.25, 0.3) is 0 Å². The molecule has 1 aromatic carbocycles. The summed E-state index contributed by atoms with van der Waals surface area (Å²) in [4.78, 5) is 0. The van der Waals surface area contributed by atoms with Gasteiger partial charge in [0.1, 0.15) is 0 Å². The number of hydrogen-bond acceptors (Lipinski definition) is 2.